The fourth-order valence-electron chi connectivity index (χ4n) is 3.77. The van der Waals surface area contributed by atoms with Gasteiger partial charge in [-0.15, -0.1) is 0 Å². The zero-order valence-electron chi connectivity index (χ0n) is 16.6. The van der Waals surface area contributed by atoms with Crippen LogP contribution in [-0.4, -0.2) is 31.7 Å². The zero-order chi connectivity index (χ0) is 21.7. The van der Waals surface area contributed by atoms with Gasteiger partial charge in [0, 0.05) is 30.9 Å². The molecule has 3 nitrogen and oxygen atoms in total. The Hall–Kier alpha value is -2.19. The lowest BCUT2D eigenvalue weighted by Gasteiger charge is -2.34. The monoisotopic (exact) mass is 427 g/mol. The van der Waals surface area contributed by atoms with Crippen molar-refractivity contribution < 1.29 is 22.0 Å². The van der Waals surface area contributed by atoms with E-state index in [2.05, 4.69) is 5.32 Å². The Balaban J connectivity index is 1.40. The summed E-state index contributed by atoms with van der Waals surface area (Å²) in [6, 6.07) is 9.36. The highest BCUT2D eigenvalue weighted by atomic mass is 19.4. The fourth-order valence-corrected chi connectivity index (χ4v) is 3.77. The highest BCUT2D eigenvalue weighted by molar-refractivity contribution is 5.49. The number of nitrogens with one attached hydrogen (secondary N) is 1. The predicted octanol–water partition coefficient (Wildman–Crippen LogP) is 4.50. The van der Waals surface area contributed by atoms with Crippen molar-refractivity contribution in [3.63, 3.8) is 0 Å². The molecule has 1 atom stereocenters. The average molecular weight is 427 g/mol. The molecule has 3 N–H and O–H groups in total. The summed E-state index contributed by atoms with van der Waals surface area (Å²) in [6.07, 6.45) is -1.53. The predicted molar refractivity (Wildman–Crippen MR) is 107 cm³/mol. The number of nitrogens with zero attached hydrogens (tertiary/aromatic N) is 1. The van der Waals surface area contributed by atoms with Gasteiger partial charge < -0.3 is 16.0 Å². The second-order valence-corrected chi connectivity index (χ2v) is 7.76. The van der Waals surface area contributed by atoms with E-state index < -0.39 is 23.4 Å². The van der Waals surface area contributed by atoms with Crippen molar-refractivity contribution in [1.82, 2.24) is 5.32 Å². The van der Waals surface area contributed by atoms with Gasteiger partial charge in [0.15, 0.2) is 11.6 Å². The minimum atomic E-state index is -4.34. The molecule has 0 unspecified atom stereocenters. The van der Waals surface area contributed by atoms with Gasteiger partial charge in [0.1, 0.15) is 0 Å². The molecule has 0 spiro atoms. The van der Waals surface area contributed by atoms with Gasteiger partial charge >= 0.3 is 6.18 Å². The molecule has 1 aliphatic heterocycles. The molecule has 8 heteroatoms. The maximum absolute atomic E-state index is 13.3. The van der Waals surface area contributed by atoms with Gasteiger partial charge in [-0.05, 0) is 68.1 Å². The number of benzene rings is 2. The van der Waals surface area contributed by atoms with Gasteiger partial charge in [-0.3, -0.25) is 0 Å². The third kappa shape index (κ3) is 6.15. The number of hydrogen-bond acceptors (Lipinski definition) is 3. The number of nitrogens with two attached hydrogens (primary N) is 1. The summed E-state index contributed by atoms with van der Waals surface area (Å²) in [6.45, 7) is 2.05. The largest absolute Gasteiger partial charge is 0.416 e. The topological polar surface area (TPSA) is 41.3 Å². The number of rotatable bonds is 7. The van der Waals surface area contributed by atoms with E-state index >= 15 is 0 Å². The molecule has 3 rings (SSSR count). The highest BCUT2D eigenvalue weighted by Gasteiger charge is 2.31. The summed E-state index contributed by atoms with van der Waals surface area (Å²) in [5, 5.41) is 3.45. The van der Waals surface area contributed by atoms with Crippen molar-refractivity contribution in [2.24, 2.45) is 5.73 Å². The minimum Gasteiger partial charge on any atom is -0.371 e. The van der Waals surface area contributed by atoms with Crippen molar-refractivity contribution >= 4 is 5.69 Å². The molecule has 164 valence electrons. The first kappa shape index (κ1) is 22.5. The second kappa shape index (κ2) is 9.75. The standard InChI is InChI=1S/C22H26F5N3/c23-20-5-4-15(13-21(20)24)12-17(28)6-9-29-18-7-10-30(11-8-18)19-3-1-2-16(14-19)22(25,26)27/h1-5,13-14,17-18,29H,6-12,28H2/t17-/m0/s1. The van der Waals surface area contributed by atoms with Crippen LogP contribution in [0.1, 0.15) is 30.4 Å². The minimum absolute atomic E-state index is 0.174. The Morgan fingerprint density at radius 2 is 1.77 bits per heavy atom. The molecule has 0 amide bonds. The van der Waals surface area contributed by atoms with Gasteiger partial charge in [-0.25, -0.2) is 8.78 Å². The number of anilines is 1. The summed E-state index contributed by atoms with van der Waals surface area (Å²) >= 11 is 0. The first-order valence-corrected chi connectivity index (χ1v) is 10.1. The van der Waals surface area contributed by atoms with Crippen molar-refractivity contribution in [3.05, 3.63) is 65.2 Å². The van der Waals surface area contributed by atoms with Crippen LogP contribution < -0.4 is 16.0 Å². The molecule has 0 bridgehead atoms. The van der Waals surface area contributed by atoms with E-state index in [1.807, 2.05) is 4.90 Å². The summed E-state index contributed by atoms with van der Waals surface area (Å²) in [5.41, 5.74) is 6.73. The normalized spacial score (nSPS) is 16.7. The third-order valence-electron chi connectivity index (χ3n) is 5.46. The zero-order valence-corrected chi connectivity index (χ0v) is 16.6. The van der Waals surface area contributed by atoms with Crippen LogP contribution >= 0.6 is 0 Å². The number of alkyl halides is 3. The van der Waals surface area contributed by atoms with Crippen LogP contribution in [0.2, 0.25) is 0 Å². The van der Waals surface area contributed by atoms with Gasteiger partial charge in [0.05, 0.1) is 5.56 Å². The Morgan fingerprint density at radius 1 is 1.03 bits per heavy atom. The van der Waals surface area contributed by atoms with Crippen LogP contribution in [0.25, 0.3) is 0 Å². The number of hydrogen-bond donors (Lipinski definition) is 2. The maximum Gasteiger partial charge on any atom is 0.416 e. The first-order valence-electron chi connectivity index (χ1n) is 10.1. The Labute approximate surface area is 173 Å². The third-order valence-corrected chi connectivity index (χ3v) is 5.46. The number of piperidine rings is 1. The second-order valence-electron chi connectivity index (χ2n) is 7.76. The molecular weight excluding hydrogens is 401 g/mol. The molecule has 0 radical (unpaired) electrons. The molecule has 1 fully saturated rings. The fraction of sp³-hybridized carbons (Fsp3) is 0.455. The van der Waals surface area contributed by atoms with E-state index in [9.17, 15) is 22.0 Å². The van der Waals surface area contributed by atoms with E-state index in [4.69, 9.17) is 5.73 Å². The summed E-state index contributed by atoms with van der Waals surface area (Å²) in [5.74, 6) is -1.74. The van der Waals surface area contributed by atoms with Gasteiger partial charge in [-0.1, -0.05) is 12.1 Å². The SMILES string of the molecule is N[C@@H](CCNC1CCN(c2cccc(C(F)(F)F)c2)CC1)Cc1ccc(F)c(F)c1. The van der Waals surface area contributed by atoms with Gasteiger partial charge in [-0.2, -0.15) is 13.2 Å². The van der Waals surface area contributed by atoms with Crippen LogP contribution in [0, 0.1) is 11.6 Å². The van der Waals surface area contributed by atoms with E-state index in [1.165, 1.54) is 24.3 Å². The molecule has 2 aromatic carbocycles. The van der Waals surface area contributed by atoms with Gasteiger partial charge in [0.2, 0.25) is 0 Å². The highest BCUT2D eigenvalue weighted by Crippen LogP contribution is 2.32. The lowest BCUT2D eigenvalue weighted by Crippen LogP contribution is -2.43. The van der Waals surface area contributed by atoms with Crippen LogP contribution in [-0.2, 0) is 12.6 Å². The van der Waals surface area contributed by atoms with Crippen LogP contribution in [0.3, 0.4) is 0 Å². The molecule has 0 saturated carbocycles. The van der Waals surface area contributed by atoms with E-state index in [1.54, 1.807) is 6.07 Å². The number of halogens is 5. The molecule has 30 heavy (non-hydrogen) atoms. The van der Waals surface area contributed by atoms with Crippen LogP contribution in [0.15, 0.2) is 42.5 Å². The molecule has 1 aliphatic rings. The smallest absolute Gasteiger partial charge is 0.371 e. The lowest BCUT2D eigenvalue weighted by atomic mass is 10.0. The molecule has 2 aromatic rings. The lowest BCUT2D eigenvalue weighted by molar-refractivity contribution is -0.137. The van der Waals surface area contributed by atoms with Crippen molar-refractivity contribution in [3.8, 4) is 0 Å². The van der Waals surface area contributed by atoms with Crippen molar-refractivity contribution in [2.45, 2.75) is 43.9 Å². The molecule has 1 saturated heterocycles. The Morgan fingerprint density at radius 3 is 2.43 bits per heavy atom. The molecule has 0 aliphatic carbocycles. The van der Waals surface area contributed by atoms with E-state index in [0.717, 1.165) is 25.0 Å². The van der Waals surface area contributed by atoms with E-state index in [-0.39, 0.29) is 12.1 Å². The molecule has 0 aromatic heterocycles. The van der Waals surface area contributed by atoms with Gasteiger partial charge in [0.25, 0.3) is 0 Å². The van der Waals surface area contributed by atoms with E-state index in [0.29, 0.717) is 43.7 Å². The molecule has 1 heterocycles. The summed E-state index contributed by atoms with van der Waals surface area (Å²) in [4.78, 5) is 1.97. The van der Waals surface area contributed by atoms with Crippen molar-refractivity contribution in [2.75, 3.05) is 24.5 Å². The summed E-state index contributed by atoms with van der Waals surface area (Å²) < 4.78 is 65.0. The van der Waals surface area contributed by atoms with Crippen LogP contribution in [0.5, 0.6) is 0 Å². The first-order chi connectivity index (χ1) is 14.2. The quantitative estimate of drug-likeness (QED) is 0.640. The van der Waals surface area contributed by atoms with Crippen LogP contribution in [0.4, 0.5) is 27.6 Å². The summed E-state index contributed by atoms with van der Waals surface area (Å²) in [7, 11) is 0. The Kier molecular flexibility index (Phi) is 7.31. The van der Waals surface area contributed by atoms with Crippen molar-refractivity contribution in [1.29, 1.82) is 0 Å². The average Bonchev–Trinajstić information content (AvgIpc) is 2.71. The molecular formula is C22H26F5N3. The Bertz CT molecular complexity index is 832. The maximum atomic E-state index is 13.3.